The Morgan fingerprint density at radius 3 is 2.39 bits per heavy atom. The lowest BCUT2D eigenvalue weighted by molar-refractivity contribution is 0.389. The van der Waals surface area contributed by atoms with E-state index in [0.717, 1.165) is 34.1 Å². The molecular formula is C25H20O3. The lowest BCUT2D eigenvalue weighted by Crippen LogP contribution is -2.13. The maximum Gasteiger partial charge on any atom is 0.132 e. The van der Waals surface area contributed by atoms with Crippen molar-refractivity contribution in [3.8, 4) is 23.0 Å². The molecule has 4 aromatic carbocycles. The molecule has 1 aliphatic rings. The van der Waals surface area contributed by atoms with Crippen LogP contribution < -0.4 is 14.2 Å². The highest BCUT2D eigenvalue weighted by Crippen LogP contribution is 2.51. The molecule has 0 amide bonds. The standard InChI is InChI=1S/C25H20O3/c1-26-17-12-13-20(23(15-17)27-2)24-19-9-5-6-10-21(19)28-22-14-11-16-7-3-4-8-18(16)25(22)24/h3-15,24H,1-2H3. The molecule has 3 nitrogen and oxygen atoms in total. The highest BCUT2D eigenvalue weighted by Gasteiger charge is 2.32. The third-order valence-corrected chi connectivity index (χ3v) is 5.42. The number of ether oxygens (including phenoxy) is 3. The van der Waals surface area contributed by atoms with Gasteiger partial charge in [-0.05, 0) is 29.0 Å². The normalized spacial score (nSPS) is 14.7. The number of hydrogen-bond acceptors (Lipinski definition) is 3. The Balaban J connectivity index is 1.84. The molecule has 5 rings (SSSR count). The van der Waals surface area contributed by atoms with E-state index >= 15 is 0 Å². The second-order valence-electron chi connectivity index (χ2n) is 6.88. The van der Waals surface area contributed by atoms with Crippen molar-refractivity contribution in [2.24, 2.45) is 0 Å². The Morgan fingerprint density at radius 2 is 1.54 bits per heavy atom. The minimum absolute atomic E-state index is 0.00639. The Morgan fingerprint density at radius 1 is 0.714 bits per heavy atom. The number of benzene rings is 4. The highest BCUT2D eigenvalue weighted by atomic mass is 16.5. The summed E-state index contributed by atoms with van der Waals surface area (Å²) in [6.45, 7) is 0. The summed E-state index contributed by atoms with van der Waals surface area (Å²) in [5.74, 6) is 3.36. The predicted octanol–water partition coefficient (Wildman–Crippen LogP) is 6.14. The quantitative estimate of drug-likeness (QED) is 0.383. The van der Waals surface area contributed by atoms with Crippen LogP contribution in [0.15, 0.2) is 78.9 Å². The van der Waals surface area contributed by atoms with E-state index in [4.69, 9.17) is 14.2 Å². The average Bonchev–Trinajstić information content (AvgIpc) is 2.77. The van der Waals surface area contributed by atoms with Crippen LogP contribution in [0.2, 0.25) is 0 Å². The Bertz CT molecular complexity index is 1180. The van der Waals surface area contributed by atoms with Crippen molar-refractivity contribution in [2.75, 3.05) is 14.2 Å². The summed E-state index contributed by atoms with van der Waals surface area (Å²) in [6.07, 6.45) is 0. The summed E-state index contributed by atoms with van der Waals surface area (Å²) in [4.78, 5) is 0. The second-order valence-corrected chi connectivity index (χ2v) is 6.88. The van der Waals surface area contributed by atoms with Crippen LogP contribution in [0.25, 0.3) is 10.8 Å². The summed E-state index contributed by atoms with van der Waals surface area (Å²) in [6, 6.07) is 26.9. The largest absolute Gasteiger partial charge is 0.497 e. The van der Waals surface area contributed by atoms with Crippen LogP contribution in [0, 0.1) is 0 Å². The first-order chi connectivity index (χ1) is 13.8. The molecule has 0 fully saturated rings. The van der Waals surface area contributed by atoms with E-state index in [-0.39, 0.29) is 5.92 Å². The molecule has 1 unspecified atom stereocenters. The first-order valence-corrected chi connectivity index (χ1v) is 9.30. The fourth-order valence-electron chi connectivity index (χ4n) is 4.13. The Hall–Kier alpha value is -3.46. The molecule has 0 aliphatic carbocycles. The van der Waals surface area contributed by atoms with Crippen LogP contribution in [0.5, 0.6) is 23.0 Å². The average molecular weight is 368 g/mol. The van der Waals surface area contributed by atoms with Crippen molar-refractivity contribution < 1.29 is 14.2 Å². The molecule has 28 heavy (non-hydrogen) atoms. The zero-order chi connectivity index (χ0) is 19.1. The summed E-state index contributed by atoms with van der Waals surface area (Å²) >= 11 is 0. The predicted molar refractivity (Wildman–Crippen MR) is 111 cm³/mol. The van der Waals surface area contributed by atoms with E-state index in [0.29, 0.717) is 0 Å². The maximum atomic E-state index is 6.29. The van der Waals surface area contributed by atoms with Gasteiger partial charge in [0.25, 0.3) is 0 Å². The summed E-state index contributed by atoms with van der Waals surface area (Å²) in [7, 11) is 3.37. The Kier molecular flexibility index (Phi) is 3.94. The minimum atomic E-state index is 0.00639. The summed E-state index contributed by atoms with van der Waals surface area (Å²) in [5, 5.41) is 2.39. The van der Waals surface area contributed by atoms with Crippen LogP contribution in [0.3, 0.4) is 0 Å². The molecule has 0 N–H and O–H groups in total. The van der Waals surface area contributed by atoms with Crippen molar-refractivity contribution >= 4 is 10.8 Å². The molecule has 4 aromatic rings. The van der Waals surface area contributed by atoms with Gasteiger partial charge in [-0.1, -0.05) is 54.6 Å². The van der Waals surface area contributed by atoms with Gasteiger partial charge in [-0.3, -0.25) is 0 Å². The molecule has 0 saturated heterocycles. The molecule has 138 valence electrons. The molecule has 1 atom stereocenters. The van der Waals surface area contributed by atoms with Gasteiger partial charge in [-0.25, -0.2) is 0 Å². The van der Waals surface area contributed by atoms with Crippen molar-refractivity contribution in [1.82, 2.24) is 0 Å². The summed E-state index contributed by atoms with van der Waals surface area (Å²) in [5.41, 5.74) is 3.40. The topological polar surface area (TPSA) is 27.7 Å². The summed E-state index contributed by atoms with van der Waals surface area (Å²) < 4.78 is 17.5. The fourth-order valence-corrected chi connectivity index (χ4v) is 4.13. The Labute approximate surface area is 164 Å². The van der Waals surface area contributed by atoms with Crippen LogP contribution in [-0.2, 0) is 0 Å². The van der Waals surface area contributed by atoms with Gasteiger partial charge in [0.1, 0.15) is 23.0 Å². The number of para-hydroxylation sites is 1. The monoisotopic (exact) mass is 368 g/mol. The molecule has 0 spiro atoms. The molecular weight excluding hydrogens is 348 g/mol. The smallest absolute Gasteiger partial charge is 0.132 e. The van der Waals surface area contributed by atoms with Crippen molar-refractivity contribution in [3.05, 3.63) is 95.6 Å². The first kappa shape index (κ1) is 16.7. The molecule has 0 radical (unpaired) electrons. The van der Waals surface area contributed by atoms with Crippen LogP contribution in [-0.4, -0.2) is 14.2 Å². The zero-order valence-electron chi connectivity index (χ0n) is 15.8. The maximum absolute atomic E-state index is 6.29. The van der Waals surface area contributed by atoms with E-state index < -0.39 is 0 Å². The molecule has 1 aliphatic heterocycles. The van der Waals surface area contributed by atoms with Gasteiger partial charge >= 0.3 is 0 Å². The van der Waals surface area contributed by atoms with Gasteiger partial charge in [0.05, 0.1) is 14.2 Å². The van der Waals surface area contributed by atoms with Crippen LogP contribution >= 0.6 is 0 Å². The van der Waals surface area contributed by atoms with Crippen molar-refractivity contribution in [1.29, 1.82) is 0 Å². The van der Waals surface area contributed by atoms with Gasteiger partial charge < -0.3 is 14.2 Å². The van der Waals surface area contributed by atoms with E-state index in [1.807, 2.05) is 24.3 Å². The lowest BCUT2D eigenvalue weighted by atomic mass is 9.80. The first-order valence-electron chi connectivity index (χ1n) is 9.30. The van der Waals surface area contributed by atoms with E-state index in [1.54, 1.807) is 14.2 Å². The van der Waals surface area contributed by atoms with E-state index in [1.165, 1.54) is 16.3 Å². The van der Waals surface area contributed by atoms with Crippen molar-refractivity contribution in [3.63, 3.8) is 0 Å². The number of methoxy groups -OCH3 is 2. The fraction of sp³-hybridized carbons (Fsp3) is 0.120. The lowest BCUT2D eigenvalue weighted by Gasteiger charge is -2.30. The van der Waals surface area contributed by atoms with Gasteiger partial charge in [0.15, 0.2) is 0 Å². The molecule has 1 heterocycles. The van der Waals surface area contributed by atoms with Crippen LogP contribution in [0.1, 0.15) is 22.6 Å². The van der Waals surface area contributed by atoms with Crippen LogP contribution in [0.4, 0.5) is 0 Å². The van der Waals surface area contributed by atoms with Gasteiger partial charge in [0, 0.05) is 28.7 Å². The number of fused-ring (bicyclic) bond motifs is 4. The van der Waals surface area contributed by atoms with Gasteiger partial charge in [-0.2, -0.15) is 0 Å². The SMILES string of the molecule is COc1ccc(C2c3ccccc3Oc3ccc4ccccc4c32)c(OC)c1. The van der Waals surface area contributed by atoms with Gasteiger partial charge in [-0.15, -0.1) is 0 Å². The molecule has 0 aromatic heterocycles. The number of rotatable bonds is 3. The third kappa shape index (κ3) is 2.51. The molecule has 3 heteroatoms. The highest BCUT2D eigenvalue weighted by molar-refractivity contribution is 5.90. The minimum Gasteiger partial charge on any atom is -0.497 e. The van der Waals surface area contributed by atoms with E-state index in [9.17, 15) is 0 Å². The molecule has 0 bridgehead atoms. The van der Waals surface area contributed by atoms with Crippen molar-refractivity contribution in [2.45, 2.75) is 5.92 Å². The number of hydrogen-bond donors (Lipinski definition) is 0. The second kappa shape index (κ2) is 6.61. The van der Waals surface area contributed by atoms with Gasteiger partial charge in [0.2, 0.25) is 0 Å². The third-order valence-electron chi connectivity index (χ3n) is 5.42. The van der Waals surface area contributed by atoms with E-state index in [2.05, 4.69) is 54.6 Å². The zero-order valence-corrected chi connectivity index (χ0v) is 15.8. The molecule has 0 saturated carbocycles.